The average Bonchev–Trinajstić information content (AvgIpc) is 2.95. The van der Waals surface area contributed by atoms with E-state index in [2.05, 4.69) is 6.92 Å². The third kappa shape index (κ3) is 3.73. The zero-order valence-corrected chi connectivity index (χ0v) is 14.9. The number of carbonyl (C=O) groups is 1. The predicted molar refractivity (Wildman–Crippen MR) is 89.7 cm³/mol. The van der Waals surface area contributed by atoms with Gasteiger partial charge in [0.05, 0.1) is 4.88 Å². The van der Waals surface area contributed by atoms with E-state index in [0.29, 0.717) is 10.8 Å². The third-order valence-electron chi connectivity index (χ3n) is 4.04. The average molecular weight is 386 g/mol. The summed E-state index contributed by atoms with van der Waals surface area (Å²) in [6, 6.07) is 4.45. The van der Waals surface area contributed by atoms with Gasteiger partial charge in [0.25, 0.3) is 15.9 Å². The topological polar surface area (TPSA) is 75.3 Å². The standard InChI is InChI=1S/C16H16F2N2O3S2/c1-9-5-6-13-10(7-9)8-14(24-13)16(21)19-20-25(22,23)15-11(17)3-2-4-12(15)18/h2-4,8-9,20H,5-7H2,1H3,(H,19,21)/t9-/m1/s1. The molecule has 1 amide bonds. The van der Waals surface area contributed by atoms with Crippen LogP contribution < -0.4 is 10.3 Å². The molecule has 0 bridgehead atoms. The molecule has 134 valence electrons. The summed E-state index contributed by atoms with van der Waals surface area (Å²) in [6.45, 7) is 2.14. The molecule has 1 aromatic heterocycles. The van der Waals surface area contributed by atoms with Crippen LogP contribution in [0.15, 0.2) is 29.2 Å². The van der Waals surface area contributed by atoms with Crippen LogP contribution >= 0.6 is 11.3 Å². The van der Waals surface area contributed by atoms with Gasteiger partial charge < -0.3 is 0 Å². The molecule has 1 heterocycles. The van der Waals surface area contributed by atoms with E-state index in [0.717, 1.165) is 47.9 Å². The number of amides is 1. The maximum absolute atomic E-state index is 13.6. The molecule has 1 atom stereocenters. The van der Waals surface area contributed by atoms with Crippen molar-refractivity contribution < 1.29 is 22.0 Å². The van der Waals surface area contributed by atoms with E-state index in [-0.39, 0.29) is 0 Å². The highest BCUT2D eigenvalue weighted by atomic mass is 32.2. The van der Waals surface area contributed by atoms with Crippen molar-refractivity contribution in [1.82, 2.24) is 10.3 Å². The zero-order chi connectivity index (χ0) is 18.2. The van der Waals surface area contributed by atoms with Crippen molar-refractivity contribution in [2.75, 3.05) is 0 Å². The number of benzene rings is 1. The Balaban J connectivity index is 1.74. The molecule has 1 aliphatic rings. The Bertz CT molecular complexity index is 905. The molecule has 0 spiro atoms. The van der Waals surface area contributed by atoms with E-state index in [9.17, 15) is 22.0 Å². The van der Waals surface area contributed by atoms with Crippen molar-refractivity contribution in [3.8, 4) is 0 Å². The molecule has 2 aromatic rings. The number of sulfonamides is 1. The minimum atomic E-state index is -4.56. The lowest BCUT2D eigenvalue weighted by molar-refractivity contribution is 0.0949. The summed E-state index contributed by atoms with van der Waals surface area (Å²) in [5.74, 6) is -2.59. The van der Waals surface area contributed by atoms with Crippen LogP contribution in [0.1, 0.15) is 33.5 Å². The molecular weight excluding hydrogens is 370 g/mol. The van der Waals surface area contributed by atoms with Gasteiger partial charge in [-0.2, -0.15) is 0 Å². The lowest BCUT2D eigenvalue weighted by atomic mass is 9.90. The summed E-state index contributed by atoms with van der Waals surface area (Å²) in [4.78, 5) is 14.3. The van der Waals surface area contributed by atoms with Gasteiger partial charge >= 0.3 is 0 Å². The number of fused-ring (bicyclic) bond motifs is 1. The molecule has 2 N–H and O–H groups in total. The first-order chi connectivity index (χ1) is 11.8. The summed E-state index contributed by atoms with van der Waals surface area (Å²) in [5.41, 5.74) is 3.11. The molecule has 0 radical (unpaired) electrons. The molecule has 1 aromatic carbocycles. The molecule has 1 aliphatic carbocycles. The SMILES string of the molecule is C[C@@H]1CCc2sc(C(=O)NNS(=O)(=O)c3c(F)cccc3F)cc2C1. The van der Waals surface area contributed by atoms with Gasteiger partial charge in [-0.05, 0) is 48.9 Å². The van der Waals surface area contributed by atoms with Gasteiger partial charge in [0.15, 0.2) is 4.90 Å². The number of hydrogen-bond donors (Lipinski definition) is 2. The van der Waals surface area contributed by atoms with Crippen molar-refractivity contribution in [3.05, 3.63) is 51.2 Å². The molecule has 0 saturated heterocycles. The molecule has 0 fully saturated rings. The van der Waals surface area contributed by atoms with Crippen LogP contribution in [-0.2, 0) is 22.9 Å². The molecule has 0 aliphatic heterocycles. The van der Waals surface area contributed by atoms with E-state index in [1.54, 1.807) is 10.9 Å². The second-order valence-electron chi connectivity index (χ2n) is 6.02. The molecular formula is C16H16F2N2O3S2. The molecule has 9 heteroatoms. The van der Waals surface area contributed by atoms with Gasteiger partial charge in [0.1, 0.15) is 11.6 Å². The summed E-state index contributed by atoms with van der Waals surface area (Å²) in [7, 11) is -4.56. The second kappa shape index (κ2) is 6.81. The Labute approximate surface area is 148 Å². The van der Waals surface area contributed by atoms with Crippen LogP contribution in [0.2, 0.25) is 0 Å². The Morgan fingerprint density at radius 3 is 2.64 bits per heavy atom. The van der Waals surface area contributed by atoms with E-state index in [4.69, 9.17) is 0 Å². The number of carbonyl (C=O) groups excluding carboxylic acids is 1. The maximum atomic E-state index is 13.6. The summed E-state index contributed by atoms with van der Waals surface area (Å²) >= 11 is 1.30. The van der Waals surface area contributed by atoms with Crippen molar-refractivity contribution >= 4 is 27.3 Å². The molecule has 0 saturated carbocycles. The zero-order valence-electron chi connectivity index (χ0n) is 13.3. The smallest absolute Gasteiger partial charge is 0.273 e. The first-order valence-electron chi connectivity index (χ1n) is 7.65. The second-order valence-corrected chi connectivity index (χ2v) is 8.77. The van der Waals surface area contributed by atoms with Gasteiger partial charge in [0, 0.05) is 4.88 Å². The van der Waals surface area contributed by atoms with Gasteiger partial charge in [0.2, 0.25) is 0 Å². The van der Waals surface area contributed by atoms with Gasteiger partial charge in [-0.15, -0.1) is 16.2 Å². The number of hydrogen-bond acceptors (Lipinski definition) is 4. The van der Waals surface area contributed by atoms with Crippen LogP contribution in [0.3, 0.4) is 0 Å². The number of nitrogens with one attached hydrogen (secondary N) is 2. The van der Waals surface area contributed by atoms with Crippen LogP contribution in [-0.4, -0.2) is 14.3 Å². The molecule has 5 nitrogen and oxygen atoms in total. The van der Waals surface area contributed by atoms with Gasteiger partial charge in [-0.3, -0.25) is 10.2 Å². The first-order valence-corrected chi connectivity index (χ1v) is 9.95. The summed E-state index contributed by atoms with van der Waals surface area (Å²) in [6.07, 6.45) is 2.82. The Morgan fingerprint density at radius 1 is 1.28 bits per heavy atom. The fraction of sp³-hybridized carbons (Fsp3) is 0.312. The van der Waals surface area contributed by atoms with E-state index in [1.807, 2.05) is 5.43 Å². The summed E-state index contributed by atoms with van der Waals surface area (Å²) < 4.78 is 51.3. The maximum Gasteiger partial charge on any atom is 0.276 e. The lowest BCUT2D eigenvalue weighted by Gasteiger charge is -2.16. The Hall–Kier alpha value is -1.84. The normalized spacial score (nSPS) is 17.2. The molecule has 25 heavy (non-hydrogen) atoms. The number of thiophene rings is 1. The van der Waals surface area contributed by atoms with E-state index in [1.165, 1.54) is 11.3 Å². The predicted octanol–water partition coefficient (Wildman–Crippen LogP) is 2.77. The van der Waals surface area contributed by atoms with Crippen LogP contribution in [0.25, 0.3) is 0 Å². The van der Waals surface area contributed by atoms with Crippen molar-refractivity contribution in [2.24, 2.45) is 5.92 Å². The largest absolute Gasteiger partial charge is 0.276 e. The van der Waals surface area contributed by atoms with Crippen molar-refractivity contribution in [2.45, 2.75) is 31.1 Å². The fourth-order valence-electron chi connectivity index (χ4n) is 2.78. The number of hydrazine groups is 1. The van der Waals surface area contributed by atoms with Crippen LogP contribution in [0.4, 0.5) is 8.78 Å². The monoisotopic (exact) mass is 386 g/mol. The van der Waals surface area contributed by atoms with Crippen LogP contribution in [0.5, 0.6) is 0 Å². The number of halogens is 2. The number of rotatable bonds is 4. The van der Waals surface area contributed by atoms with Crippen molar-refractivity contribution in [1.29, 1.82) is 0 Å². The van der Waals surface area contributed by atoms with E-state index < -0.39 is 32.5 Å². The minimum Gasteiger partial charge on any atom is -0.273 e. The number of aryl methyl sites for hydroxylation is 1. The van der Waals surface area contributed by atoms with Crippen LogP contribution in [0, 0.1) is 17.6 Å². The Kier molecular flexibility index (Phi) is 4.90. The Morgan fingerprint density at radius 2 is 1.96 bits per heavy atom. The fourth-order valence-corrected chi connectivity index (χ4v) is 4.87. The van der Waals surface area contributed by atoms with Gasteiger partial charge in [-0.1, -0.05) is 13.0 Å². The van der Waals surface area contributed by atoms with Gasteiger partial charge in [-0.25, -0.2) is 17.2 Å². The minimum absolute atomic E-state index is 0.357. The lowest BCUT2D eigenvalue weighted by Crippen LogP contribution is -2.41. The highest BCUT2D eigenvalue weighted by molar-refractivity contribution is 7.89. The summed E-state index contributed by atoms with van der Waals surface area (Å²) in [5, 5.41) is 0. The quantitative estimate of drug-likeness (QED) is 0.794. The molecule has 0 unspecified atom stereocenters. The first kappa shape index (κ1) is 18.0. The highest BCUT2D eigenvalue weighted by Gasteiger charge is 2.25. The highest BCUT2D eigenvalue weighted by Crippen LogP contribution is 2.32. The third-order valence-corrected chi connectivity index (χ3v) is 6.57. The van der Waals surface area contributed by atoms with Crippen molar-refractivity contribution in [3.63, 3.8) is 0 Å². The molecule has 3 rings (SSSR count). The van der Waals surface area contributed by atoms with E-state index >= 15 is 0 Å².